The first-order valence-electron chi connectivity index (χ1n) is 3.34. The molecule has 0 aliphatic rings. The van der Waals surface area contributed by atoms with Crippen molar-refractivity contribution in [3.8, 4) is 0 Å². The van der Waals surface area contributed by atoms with E-state index in [9.17, 15) is 0 Å². The number of nitrogens with zero attached hydrogens (tertiary/aromatic N) is 2. The van der Waals surface area contributed by atoms with Gasteiger partial charge in [-0.15, -0.1) is 5.10 Å². The fourth-order valence-electron chi connectivity index (χ4n) is 1.06. The van der Waals surface area contributed by atoms with E-state index in [1.807, 2.05) is 12.1 Å². The smallest absolute Gasteiger partial charge is 0.157 e. The molecule has 0 fully saturated rings. The van der Waals surface area contributed by atoms with Crippen molar-refractivity contribution < 1.29 is 0 Å². The molecule has 0 amide bonds. The Labute approximate surface area is 79.1 Å². The van der Waals surface area contributed by atoms with Gasteiger partial charge in [-0.1, -0.05) is 35.3 Å². The van der Waals surface area contributed by atoms with E-state index in [0.29, 0.717) is 10.2 Å². The van der Waals surface area contributed by atoms with E-state index in [0.717, 1.165) is 10.8 Å². The van der Waals surface area contributed by atoms with E-state index in [1.54, 1.807) is 12.3 Å². The fourth-order valence-corrected chi connectivity index (χ4v) is 1.63. The minimum absolute atomic E-state index is 0.345. The molecule has 2 nitrogen and oxygen atoms in total. The molecule has 0 saturated carbocycles. The lowest BCUT2D eigenvalue weighted by Crippen LogP contribution is -1.83. The molecule has 0 unspecified atom stereocenters. The molecule has 1 heterocycles. The van der Waals surface area contributed by atoms with Crippen molar-refractivity contribution in [2.24, 2.45) is 0 Å². The van der Waals surface area contributed by atoms with Crippen LogP contribution in [-0.4, -0.2) is 10.2 Å². The third kappa shape index (κ3) is 1.13. The molecule has 4 heteroatoms. The Kier molecular flexibility index (Phi) is 1.87. The van der Waals surface area contributed by atoms with Crippen LogP contribution in [0.4, 0.5) is 0 Å². The first kappa shape index (κ1) is 7.77. The highest BCUT2D eigenvalue weighted by Gasteiger charge is 2.03. The third-order valence-electron chi connectivity index (χ3n) is 1.59. The largest absolute Gasteiger partial charge is 0.161 e. The Bertz CT molecular complexity index is 392. The number of fused-ring (bicyclic) bond motifs is 1. The van der Waals surface area contributed by atoms with E-state index < -0.39 is 0 Å². The summed E-state index contributed by atoms with van der Waals surface area (Å²) in [5.74, 6) is 0. The summed E-state index contributed by atoms with van der Waals surface area (Å²) < 4.78 is 0. The van der Waals surface area contributed by atoms with Gasteiger partial charge in [0.05, 0.1) is 11.2 Å². The summed E-state index contributed by atoms with van der Waals surface area (Å²) >= 11 is 11.7. The quantitative estimate of drug-likeness (QED) is 0.651. The fraction of sp³-hybridized carbons (Fsp3) is 0. The second kappa shape index (κ2) is 2.88. The SMILES string of the molecule is Clc1cccc2cnnc(Cl)c12. The van der Waals surface area contributed by atoms with Crippen LogP contribution in [0.2, 0.25) is 10.2 Å². The van der Waals surface area contributed by atoms with Gasteiger partial charge < -0.3 is 0 Å². The van der Waals surface area contributed by atoms with Crippen LogP contribution in [0.3, 0.4) is 0 Å². The van der Waals surface area contributed by atoms with Gasteiger partial charge in [0, 0.05) is 10.8 Å². The van der Waals surface area contributed by atoms with Crippen LogP contribution in [0, 0.1) is 0 Å². The van der Waals surface area contributed by atoms with E-state index in [-0.39, 0.29) is 0 Å². The Morgan fingerprint density at radius 2 is 2.00 bits per heavy atom. The average Bonchev–Trinajstić information content (AvgIpc) is 2.04. The number of aromatic nitrogens is 2. The van der Waals surface area contributed by atoms with Crippen LogP contribution in [0.15, 0.2) is 24.4 Å². The maximum atomic E-state index is 5.91. The second-order valence-corrected chi connectivity index (χ2v) is 3.10. The van der Waals surface area contributed by atoms with Gasteiger partial charge in [0.2, 0.25) is 0 Å². The van der Waals surface area contributed by atoms with Gasteiger partial charge in [0.15, 0.2) is 5.15 Å². The molecular weight excluding hydrogens is 195 g/mol. The summed E-state index contributed by atoms with van der Waals surface area (Å²) in [5, 5.41) is 10.0. The first-order valence-corrected chi connectivity index (χ1v) is 4.10. The van der Waals surface area contributed by atoms with E-state index >= 15 is 0 Å². The summed E-state index contributed by atoms with van der Waals surface area (Å²) in [4.78, 5) is 0. The average molecular weight is 199 g/mol. The Morgan fingerprint density at radius 1 is 1.17 bits per heavy atom. The molecule has 0 aliphatic carbocycles. The summed E-state index contributed by atoms with van der Waals surface area (Å²) in [6, 6.07) is 5.52. The molecule has 0 saturated heterocycles. The lowest BCUT2D eigenvalue weighted by molar-refractivity contribution is 1.05. The maximum absolute atomic E-state index is 5.91. The van der Waals surface area contributed by atoms with Crippen LogP contribution in [0.1, 0.15) is 0 Å². The summed E-state index contributed by atoms with van der Waals surface area (Å²) in [5.41, 5.74) is 0. The van der Waals surface area contributed by atoms with Gasteiger partial charge in [-0.05, 0) is 6.07 Å². The predicted molar refractivity (Wildman–Crippen MR) is 49.6 cm³/mol. The highest BCUT2D eigenvalue weighted by molar-refractivity contribution is 6.41. The summed E-state index contributed by atoms with van der Waals surface area (Å²) in [7, 11) is 0. The molecule has 1 aromatic carbocycles. The molecule has 1 aromatic heterocycles. The van der Waals surface area contributed by atoms with Crippen molar-refractivity contribution in [2.45, 2.75) is 0 Å². The van der Waals surface area contributed by atoms with Crippen LogP contribution in [0.5, 0.6) is 0 Å². The van der Waals surface area contributed by atoms with Gasteiger partial charge in [0.1, 0.15) is 0 Å². The normalized spacial score (nSPS) is 10.5. The van der Waals surface area contributed by atoms with E-state index in [1.165, 1.54) is 0 Å². The molecular formula is C8H4Cl2N2. The number of hydrogen-bond acceptors (Lipinski definition) is 2. The Hall–Kier alpha value is -0.860. The molecule has 0 aliphatic heterocycles. The van der Waals surface area contributed by atoms with Crippen molar-refractivity contribution in [2.75, 3.05) is 0 Å². The molecule has 60 valence electrons. The summed E-state index contributed by atoms with van der Waals surface area (Å²) in [6.45, 7) is 0. The van der Waals surface area contributed by atoms with Crippen molar-refractivity contribution in [3.63, 3.8) is 0 Å². The van der Waals surface area contributed by atoms with E-state index in [4.69, 9.17) is 23.2 Å². The first-order chi connectivity index (χ1) is 5.79. The highest BCUT2D eigenvalue weighted by Crippen LogP contribution is 2.27. The van der Waals surface area contributed by atoms with Crippen LogP contribution in [-0.2, 0) is 0 Å². The maximum Gasteiger partial charge on any atom is 0.161 e. The van der Waals surface area contributed by atoms with Crippen LogP contribution in [0.25, 0.3) is 10.8 Å². The summed E-state index contributed by atoms with van der Waals surface area (Å²) in [6.07, 6.45) is 1.63. The zero-order chi connectivity index (χ0) is 8.55. The molecule has 0 radical (unpaired) electrons. The predicted octanol–water partition coefficient (Wildman–Crippen LogP) is 2.94. The minimum Gasteiger partial charge on any atom is -0.157 e. The highest BCUT2D eigenvalue weighted by atomic mass is 35.5. The van der Waals surface area contributed by atoms with Crippen molar-refractivity contribution >= 4 is 34.0 Å². The van der Waals surface area contributed by atoms with Gasteiger partial charge >= 0.3 is 0 Å². The van der Waals surface area contributed by atoms with Crippen molar-refractivity contribution in [3.05, 3.63) is 34.6 Å². The number of benzene rings is 1. The topological polar surface area (TPSA) is 25.8 Å². The lowest BCUT2D eigenvalue weighted by atomic mass is 10.2. The standard InChI is InChI=1S/C8H4Cl2N2/c9-6-3-1-2-5-4-11-12-8(10)7(5)6/h1-4H. The van der Waals surface area contributed by atoms with Crippen LogP contribution >= 0.6 is 23.2 Å². The van der Waals surface area contributed by atoms with Gasteiger partial charge in [0.25, 0.3) is 0 Å². The van der Waals surface area contributed by atoms with Crippen molar-refractivity contribution in [1.82, 2.24) is 10.2 Å². The molecule has 0 atom stereocenters. The minimum atomic E-state index is 0.345. The zero-order valence-corrected chi connectivity index (χ0v) is 7.47. The number of halogens is 2. The Balaban J connectivity index is 2.96. The molecule has 0 N–H and O–H groups in total. The lowest BCUT2D eigenvalue weighted by Gasteiger charge is -1.99. The molecule has 2 rings (SSSR count). The number of rotatable bonds is 0. The molecule has 2 aromatic rings. The number of hydrogen-bond donors (Lipinski definition) is 0. The zero-order valence-electron chi connectivity index (χ0n) is 5.96. The second-order valence-electron chi connectivity index (χ2n) is 2.34. The molecule has 12 heavy (non-hydrogen) atoms. The van der Waals surface area contributed by atoms with Crippen molar-refractivity contribution in [1.29, 1.82) is 0 Å². The van der Waals surface area contributed by atoms with Gasteiger partial charge in [-0.25, -0.2) is 0 Å². The van der Waals surface area contributed by atoms with Gasteiger partial charge in [-0.2, -0.15) is 5.10 Å². The van der Waals surface area contributed by atoms with E-state index in [2.05, 4.69) is 10.2 Å². The Morgan fingerprint density at radius 3 is 2.75 bits per heavy atom. The van der Waals surface area contributed by atoms with Gasteiger partial charge in [-0.3, -0.25) is 0 Å². The van der Waals surface area contributed by atoms with Crippen LogP contribution < -0.4 is 0 Å². The molecule has 0 bridgehead atoms. The monoisotopic (exact) mass is 198 g/mol. The third-order valence-corrected chi connectivity index (χ3v) is 2.17. The molecule has 0 spiro atoms.